The molecule has 0 unspecified atom stereocenters. The predicted octanol–water partition coefficient (Wildman–Crippen LogP) is 4.87. The average molecular weight is 594 g/mol. The van der Waals surface area contributed by atoms with E-state index in [0.717, 1.165) is 39.3 Å². The van der Waals surface area contributed by atoms with E-state index < -0.39 is 0 Å². The standard InChI is InChI=1S/C36H45B3N6/c1-7-40-31-19-13-14-20-32(31)41(8-2)37(40)28-25-29(38-42(9-3)33-21-15-16-22-34(33)43(38)10-4)27-30(26-28)39-44(11-5)35-23-17-18-24-36(35)45(39)12-6/h13-27H,7-12H2,1-6H3. The number of anilines is 6. The van der Waals surface area contributed by atoms with Crippen LogP contribution in [0.2, 0.25) is 0 Å². The molecule has 0 amide bonds. The van der Waals surface area contributed by atoms with Crippen molar-refractivity contribution in [2.24, 2.45) is 0 Å². The van der Waals surface area contributed by atoms with E-state index in [4.69, 9.17) is 0 Å². The van der Waals surface area contributed by atoms with Crippen molar-refractivity contribution in [2.75, 3.05) is 68.1 Å². The van der Waals surface area contributed by atoms with Crippen LogP contribution in [-0.2, 0) is 0 Å². The molecule has 4 aromatic rings. The molecule has 3 heterocycles. The highest BCUT2D eigenvalue weighted by atomic mass is 15.3. The zero-order chi connectivity index (χ0) is 31.2. The highest BCUT2D eigenvalue weighted by Gasteiger charge is 2.46. The normalized spacial score (nSPS) is 15.5. The summed E-state index contributed by atoms with van der Waals surface area (Å²) < 4.78 is 0. The molecule has 0 fully saturated rings. The molecule has 3 aliphatic heterocycles. The van der Waals surface area contributed by atoms with Gasteiger partial charge in [-0.05, 0) is 94.3 Å². The molecule has 0 atom stereocenters. The van der Waals surface area contributed by atoms with Crippen molar-refractivity contribution in [1.82, 2.24) is 0 Å². The molecule has 0 radical (unpaired) electrons. The van der Waals surface area contributed by atoms with E-state index in [2.05, 4.69) is 161 Å². The maximum atomic E-state index is 2.60. The summed E-state index contributed by atoms with van der Waals surface area (Å²) in [4.78, 5) is 15.6. The van der Waals surface area contributed by atoms with Crippen molar-refractivity contribution in [3.8, 4) is 0 Å². The Hall–Kier alpha value is -4.13. The lowest BCUT2D eigenvalue weighted by Gasteiger charge is -2.34. The van der Waals surface area contributed by atoms with Gasteiger partial charge >= 0.3 is 20.9 Å². The number of rotatable bonds is 9. The van der Waals surface area contributed by atoms with Gasteiger partial charge in [-0.1, -0.05) is 54.6 Å². The average Bonchev–Trinajstić information content (AvgIpc) is 3.72. The van der Waals surface area contributed by atoms with Crippen LogP contribution in [0.5, 0.6) is 0 Å². The number of fused-ring (bicyclic) bond motifs is 3. The molecule has 228 valence electrons. The van der Waals surface area contributed by atoms with Crippen LogP contribution in [0.1, 0.15) is 41.5 Å². The number of nitrogens with zero attached hydrogens (tertiary/aromatic N) is 6. The third-order valence-electron chi connectivity index (χ3n) is 10.2. The molecule has 3 aliphatic rings. The minimum Gasteiger partial charge on any atom is -0.391 e. The number of para-hydroxylation sites is 6. The highest BCUT2D eigenvalue weighted by Crippen LogP contribution is 2.40. The smallest absolute Gasteiger partial charge is 0.391 e. The van der Waals surface area contributed by atoms with Crippen molar-refractivity contribution < 1.29 is 0 Å². The van der Waals surface area contributed by atoms with Crippen molar-refractivity contribution >= 4 is 71.5 Å². The van der Waals surface area contributed by atoms with Crippen molar-refractivity contribution in [3.63, 3.8) is 0 Å². The number of benzene rings is 4. The summed E-state index contributed by atoms with van der Waals surface area (Å²) in [5.41, 5.74) is 12.1. The maximum Gasteiger partial charge on any atom is 0.411 e. The quantitative estimate of drug-likeness (QED) is 0.256. The van der Waals surface area contributed by atoms with Gasteiger partial charge in [0.15, 0.2) is 0 Å². The Balaban J connectivity index is 1.44. The Morgan fingerprint density at radius 2 is 0.511 bits per heavy atom. The van der Waals surface area contributed by atoms with Crippen LogP contribution in [0.15, 0.2) is 91.0 Å². The van der Waals surface area contributed by atoms with Gasteiger partial charge in [-0.15, -0.1) is 0 Å². The summed E-state index contributed by atoms with van der Waals surface area (Å²) in [5.74, 6) is 0. The summed E-state index contributed by atoms with van der Waals surface area (Å²) in [6.45, 7) is 19.9. The van der Waals surface area contributed by atoms with E-state index in [-0.39, 0.29) is 20.9 Å². The van der Waals surface area contributed by atoms with Crippen LogP contribution in [0.4, 0.5) is 34.1 Å². The van der Waals surface area contributed by atoms with Crippen LogP contribution in [0.3, 0.4) is 0 Å². The largest absolute Gasteiger partial charge is 0.411 e. The fraction of sp³-hybridized carbons (Fsp3) is 0.333. The van der Waals surface area contributed by atoms with Crippen molar-refractivity contribution in [1.29, 1.82) is 0 Å². The first-order chi connectivity index (χ1) is 22.1. The van der Waals surface area contributed by atoms with E-state index in [9.17, 15) is 0 Å². The van der Waals surface area contributed by atoms with Crippen LogP contribution in [-0.4, -0.2) is 60.2 Å². The summed E-state index contributed by atoms with van der Waals surface area (Å²) in [5, 5.41) is 0. The Labute approximate surface area is 271 Å². The molecule has 0 bridgehead atoms. The molecular formula is C36H45B3N6. The lowest BCUT2D eigenvalue weighted by atomic mass is 9.54. The summed E-state index contributed by atoms with van der Waals surface area (Å²) in [6, 6.07) is 34.4. The Bertz CT molecular complexity index is 1380. The number of hydrogen-bond donors (Lipinski definition) is 0. The van der Waals surface area contributed by atoms with Gasteiger partial charge in [-0.2, -0.15) is 0 Å². The molecule has 45 heavy (non-hydrogen) atoms. The third kappa shape index (κ3) is 4.49. The predicted molar refractivity (Wildman–Crippen MR) is 200 cm³/mol. The molecule has 6 nitrogen and oxygen atoms in total. The zero-order valence-corrected chi connectivity index (χ0v) is 27.8. The van der Waals surface area contributed by atoms with Gasteiger partial charge in [0.2, 0.25) is 0 Å². The molecule has 0 spiro atoms. The SMILES string of the molecule is CCN1B(c2cc(B3N(CC)c4ccccc4N3CC)cc(B3N(CC)c4ccccc4N3CC)c2)N(CC)c2ccccc21. The monoisotopic (exact) mass is 594 g/mol. The van der Waals surface area contributed by atoms with Crippen LogP contribution in [0, 0.1) is 0 Å². The molecule has 0 aliphatic carbocycles. The first-order valence-corrected chi connectivity index (χ1v) is 17.1. The van der Waals surface area contributed by atoms with Crippen LogP contribution < -0.4 is 45.3 Å². The molecule has 0 N–H and O–H groups in total. The third-order valence-corrected chi connectivity index (χ3v) is 10.2. The molecule has 4 aromatic carbocycles. The second kappa shape index (κ2) is 12.0. The summed E-state index contributed by atoms with van der Waals surface area (Å²) in [7, 11) is 0. The van der Waals surface area contributed by atoms with Gasteiger partial charge in [0.1, 0.15) is 0 Å². The molecule has 0 saturated carbocycles. The minimum atomic E-state index is 0.138. The van der Waals surface area contributed by atoms with E-state index >= 15 is 0 Å². The zero-order valence-electron chi connectivity index (χ0n) is 27.8. The fourth-order valence-electron chi connectivity index (χ4n) is 8.43. The molecular weight excluding hydrogens is 549 g/mol. The topological polar surface area (TPSA) is 19.4 Å². The second-order valence-corrected chi connectivity index (χ2v) is 12.2. The molecule has 7 rings (SSSR count). The van der Waals surface area contributed by atoms with E-state index in [1.807, 2.05) is 0 Å². The van der Waals surface area contributed by atoms with Gasteiger partial charge in [0, 0.05) is 73.4 Å². The van der Waals surface area contributed by atoms with Gasteiger partial charge in [-0.3, -0.25) is 0 Å². The summed E-state index contributed by atoms with van der Waals surface area (Å²) >= 11 is 0. The first-order valence-electron chi connectivity index (χ1n) is 17.1. The van der Waals surface area contributed by atoms with E-state index in [0.29, 0.717) is 0 Å². The first kappa shape index (κ1) is 29.6. The van der Waals surface area contributed by atoms with Gasteiger partial charge in [0.05, 0.1) is 0 Å². The summed E-state index contributed by atoms with van der Waals surface area (Å²) in [6.07, 6.45) is 0. The Morgan fingerprint density at radius 3 is 0.667 bits per heavy atom. The maximum absolute atomic E-state index is 2.60. The Kier molecular flexibility index (Phi) is 7.89. The highest BCUT2D eigenvalue weighted by molar-refractivity contribution is 6.88. The van der Waals surface area contributed by atoms with Crippen molar-refractivity contribution in [2.45, 2.75) is 41.5 Å². The lowest BCUT2D eigenvalue weighted by Crippen LogP contribution is -2.64. The van der Waals surface area contributed by atoms with Gasteiger partial charge in [-0.25, -0.2) is 0 Å². The minimum absolute atomic E-state index is 0.138. The fourth-order valence-corrected chi connectivity index (χ4v) is 8.43. The molecule has 0 saturated heterocycles. The van der Waals surface area contributed by atoms with E-state index in [1.165, 1.54) is 50.5 Å². The molecule has 9 heteroatoms. The second-order valence-electron chi connectivity index (χ2n) is 12.2. The lowest BCUT2D eigenvalue weighted by molar-refractivity contribution is 1.06. The Morgan fingerprint density at radius 1 is 0.333 bits per heavy atom. The van der Waals surface area contributed by atoms with Gasteiger partial charge in [0.25, 0.3) is 0 Å². The number of hydrogen-bond acceptors (Lipinski definition) is 6. The molecule has 0 aromatic heterocycles. The van der Waals surface area contributed by atoms with Crippen LogP contribution in [0.25, 0.3) is 0 Å². The van der Waals surface area contributed by atoms with Gasteiger partial charge < -0.3 is 28.9 Å². The van der Waals surface area contributed by atoms with Crippen LogP contribution >= 0.6 is 0 Å². The van der Waals surface area contributed by atoms with E-state index in [1.54, 1.807) is 0 Å². The van der Waals surface area contributed by atoms with Crippen molar-refractivity contribution in [3.05, 3.63) is 91.0 Å².